The van der Waals surface area contributed by atoms with Crippen LogP contribution in [-0.2, 0) is 13.6 Å². The minimum absolute atomic E-state index is 0.702. The van der Waals surface area contributed by atoms with Crippen LogP contribution in [0.5, 0.6) is 0 Å². The van der Waals surface area contributed by atoms with Crippen molar-refractivity contribution in [1.29, 1.82) is 0 Å². The fourth-order valence-corrected chi connectivity index (χ4v) is 3.97. The molecule has 3 nitrogen and oxygen atoms in total. The largest absolute Gasteiger partial charge is 0.310 e. The third-order valence-electron chi connectivity index (χ3n) is 4.01. The van der Waals surface area contributed by atoms with Gasteiger partial charge in [0, 0.05) is 36.1 Å². The van der Waals surface area contributed by atoms with E-state index in [1.807, 2.05) is 11.7 Å². The number of nitrogens with one attached hydrogen (secondary N) is 1. The zero-order chi connectivity index (χ0) is 13.1. The molecule has 18 heavy (non-hydrogen) atoms. The average molecular weight is 267 g/mol. The van der Waals surface area contributed by atoms with Crippen LogP contribution in [0.3, 0.4) is 0 Å². The molecule has 102 valence electrons. The standard InChI is InChI=1S/C14H25N3S/c1-5-18-13-7-6-12(8-13)15-9-14-10(2)16-17(4)11(14)3/h12-13,15H,5-9H2,1-4H3/t12-,13-/m1/s1. The van der Waals surface area contributed by atoms with Crippen molar-refractivity contribution in [1.82, 2.24) is 15.1 Å². The van der Waals surface area contributed by atoms with Crippen molar-refractivity contribution >= 4 is 11.8 Å². The lowest BCUT2D eigenvalue weighted by Gasteiger charge is -2.13. The number of nitrogens with zero attached hydrogens (tertiary/aromatic N) is 2. The van der Waals surface area contributed by atoms with E-state index in [1.165, 1.54) is 42.0 Å². The van der Waals surface area contributed by atoms with Gasteiger partial charge in [0.2, 0.25) is 0 Å². The van der Waals surface area contributed by atoms with Gasteiger partial charge in [-0.25, -0.2) is 0 Å². The fourth-order valence-electron chi connectivity index (χ4n) is 2.83. The maximum absolute atomic E-state index is 4.47. The summed E-state index contributed by atoms with van der Waals surface area (Å²) in [4.78, 5) is 0. The Hall–Kier alpha value is -0.480. The van der Waals surface area contributed by atoms with Crippen molar-refractivity contribution in [2.24, 2.45) is 7.05 Å². The molecule has 0 unspecified atom stereocenters. The Balaban J connectivity index is 1.85. The number of aromatic nitrogens is 2. The predicted octanol–water partition coefficient (Wildman–Crippen LogP) is 2.80. The van der Waals surface area contributed by atoms with Gasteiger partial charge in [0.15, 0.2) is 0 Å². The van der Waals surface area contributed by atoms with Gasteiger partial charge < -0.3 is 5.32 Å². The molecule has 1 aliphatic carbocycles. The lowest BCUT2D eigenvalue weighted by Crippen LogP contribution is -2.26. The lowest BCUT2D eigenvalue weighted by molar-refractivity contribution is 0.523. The second kappa shape index (κ2) is 6.11. The third-order valence-corrected chi connectivity index (χ3v) is 5.25. The van der Waals surface area contributed by atoms with E-state index in [2.05, 4.69) is 42.9 Å². The van der Waals surface area contributed by atoms with Crippen LogP contribution in [0.25, 0.3) is 0 Å². The van der Waals surface area contributed by atoms with Crippen molar-refractivity contribution in [2.45, 2.75) is 57.9 Å². The zero-order valence-corrected chi connectivity index (χ0v) is 12.8. The van der Waals surface area contributed by atoms with Gasteiger partial charge in [0.05, 0.1) is 5.69 Å². The third kappa shape index (κ3) is 3.09. The molecule has 0 aliphatic heterocycles. The first kappa shape index (κ1) is 13.9. The molecular weight excluding hydrogens is 242 g/mol. The van der Waals surface area contributed by atoms with Crippen molar-refractivity contribution in [3.63, 3.8) is 0 Å². The molecular formula is C14H25N3S. The predicted molar refractivity (Wildman–Crippen MR) is 79.1 cm³/mol. The molecule has 0 radical (unpaired) electrons. The number of hydrogen-bond acceptors (Lipinski definition) is 3. The SMILES string of the molecule is CCS[C@@H]1CC[C@@H](NCc2c(C)nn(C)c2C)C1. The Morgan fingerprint density at radius 1 is 1.39 bits per heavy atom. The van der Waals surface area contributed by atoms with E-state index in [4.69, 9.17) is 0 Å². The molecule has 0 amide bonds. The molecule has 0 bridgehead atoms. The van der Waals surface area contributed by atoms with Crippen LogP contribution in [0.1, 0.15) is 43.1 Å². The molecule has 1 aromatic rings. The van der Waals surface area contributed by atoms with Crippen molar-refractivity contribution in [3.05, 3.63) is 17.0 Å². The molecule has 2 rings (SSSR count). The molecule has 1 fully saturated rings. The van der Waals surface area contributed by atoms with E-state index < -0.39 is 0 Å². The van der Waals surface area contributed by atoms with E-state index in [0.29, 0.717) is 6.04 Å². The van der Waals surface area contributed by atoms with E-state index >= 15 is 0 Å². The molecule has 1 heterocycles. The van der Waals surface area contributed by atoms with Gasteiger partial charge in [0.1, 0.15) is 0 Å². The number of thioether (sulfide) groups is 1. The number of aryl methyl sites for hydroxylation is 2. The molecule has 0 aromatic carbocycles. The van der Waals surface area contributed by atoms with Crippen LogP contribution in [0.15, 0.2) is 0 Å². The van der Waals surface area contributed by atoms with Gasteiger partial charge in [-0.1, -0.05) is 6.92 Å². The minimum Gasteiger partial charge on any atom is -0.310 e. The van der Waals surface area contributed by atoms with Gasteiger partial charge in [-0.3, -0.25) is 4.68 Å². The van der Waals surface area contributed by atoms with Crippen LogP contribution < -0.4 is 5.32 Å². The first-order valence-electron chi connectivity index (χ1n) is 6.95. The highest BCUT2D eigenvalue weighted by Crippen LogP contribution is 2.30. The van der Waals surface area contributed by atoms with Crippen LogP contribution in [0, 0.1) is 13.8 Å². The molecule has 4 heteroatoms. The Kier molecular flexibility index (Phi) is 4.73. The topological polar surface area (TPSA) is 29.9 Å². The monoisotopic (exact) mass is 267 g/mol. The summed E-state index contributed by atoms with van der Waals surface area (Å²) >= 11 is 2.12. The summed E-state index contributed by atoms with van der Waals surface area (Å²) in [5.74, 6) is 1.25. The maximum atomic E-state index is 4.47. The molecule has 1 N–H and O–H groups in total. The Morgan fingerprint density at radius 2 is 2.17 bits per heavy atom. The summed E-state index contributed by atoms with van der Waals surface area (Å²) in [6, 6.07) is 0.702. The van der Waals surface area contributed by atoms with E-state index in [-0.39, 0.29) is 0 Å². The van der Waals surface area contributed by atoms with Crippen LogP contribution in [0.2, 0.25) is 0 Å². The Morgan fingerprint density at radius 3 is 2.78 bits per heavy atom. The summed E-state index contributed by atoms with van der Waals surface area (Å²) in [6.45, 7) is 7.49. The lowest BCUT2D eigenvalue weighted by atomic mass is 10.1. The maximum Gasteiger partial charge on any atom is 0.0641 e. The van der Waals surface area contributed by atoms with E-state index in [1.54, 1.807) is 0 Å². The minimum atomic E-state index is 0.702. The van der Waals surface area contributed by atoms with E-state index in [9.17, 15) is 0 Å². The van der Waals surface area contributed by atoms with Crippen molar-refractivity contribution < 1.29 is 0 Å². The van der Waals surface area contributed by atoms with Crippen molar-refractivity contribution in [2.75, 3.05) is 5.75 Å². The van der Waals surface area contributed by atoms with Gasteiger partial charge in [-0.2, -0.15) is 16.9 Å². The van der Waals surface area contributed by atoms with Gasteiger partial charge >= 0.3 is 0 Å². The number of hydrogen-bond donors (Lipinski definition) is 1. The quantitative estimate of drug-likeness (QED) is 0.889. The second-order valence-corrected chi connectivity index (χ2v) is 6.82. The molecule has 0 saturated heterocycles. The fraction of sp³-hybridized carbons (Fsp3) is 0.786. The molecule has 0 spiro atoms. The highest BCUT2D eigenvalue weighted by molar-refractivity contribution is 7.99. The zero-order valence-electron chi connectivity index (χ0n) is 12.0. The highest BCUT2D eigenvalue weighted by Gasteiger charge is 2.24. The van der Waals surface area contributed by atoms with Crippen molar-refractivity contribution in [3.8, 4) is 0 Å². The van der Waals surface area contributed by atoms with Gasteiger partial charge in [-0.05, 0) is 38.9 Å². The Labute approximate surface area is 115 Å². The molecule has 1 aromatic heterocycles. The smallest absolute Gasteiger partial charge is 0.0641 e. The van der Waals surface area contributed by atoms with Gasteiger partial charge in [-0.15, -0.1) is 0 Å². The van der Waals surface area contributed by atoms with Crippen LogP contribution in [0.4, 0.5) is 0 Å². The number of rotatable bonds is 5. The summed E-state index contributed by atoms with van der Waals surface area (Å²) in [7, 11) is 2.02. The summed E-state index contributed by atoms with van der Waals surface area (Å²) in [6.07, 6.45) is 4.04. The summed E-state index contributed by atoms with van der Waals surface area (Å²) in [5.41, 5.74) is 3.83. The van der Waals surface area contributed by atoms with E-state index in [0.717, 1.165) is 11.8 Å². The Bertz CT molecular complexity index is 400. The average Bonchev–Trinajstić information content (AvgIpc) is 2.85. The van der Waals surface area contributed by atoms with Crippen LogP contribution in [-0.4, -0.2) is 26.8 Å². The summed E-state index contributed by atoms with van der Waals surface area (Å²) < 4.78 is 1.98. The molecule has 2 atom stereocenters. The normalized spacial score (nSPS) is 23.8. The molecule has 1 aliphatic rings. The van der Waals surface area contributed by atoms with Gasteiger partial charge in [0.25, 0.3) is 0 Å². The summed E-state index contributed by atoms with van der Waals surface area (Å²) in [5, 5.41) is 9.07. The first-order chi connectivity index (χ1) is 8.61. The molecule has 1 saturated carbocycles. The second-order valence-electron chi connectivity index (χ2n) is 5.24. The van der Waals surface area contributed by atoms with Crippen LogP contribution >= 0.6 is 11.8 Å². The first-order valence-corrected chi connectivity index (χ1v) is 8.00. The highest BCUT2D eigenvalue weighted by atomic mass is 32.2.